The van der Waals surface area contributed by atoms with Gasteiger partial charge >= 0.3 is 0 Å². The molecule has 0 spiro atoms. The predicted molar refractivity (Wildman–Crippen MR) is 56.5 cm³/mol. The molecule has 1 fully saturated rings. The smallest absolute Gasteiger partial charge is 0.153 e. The molecule has 0 radical (unpaired) electrons. The van der Waals surface area contributed by atoms with Crippen LogP contribution in [0, 0.1) is 0 Å². The van der Waals surface area contributed by atoms with Gasteiger partial charge in [0.1, 0.15) is 0 Å². The van der Waals surface area contributed by atoms with E-state index < -0.39 is 0 Å². The molecule has 14 heavy (non-hydrogen) atoms. The Labute approximate surface area is 84.5 Å². The van der Waals surface area contributed by atoms with Crippen LogP contribution in [-0.4, -0.2) is 28.0 Å². The van der Waals surface area contributed by atoms with Crippen molar-refractivity contribution in [3.63, 3.8) is 0 Å². The average Bonchev–Trinajstić information content (AvgIpc) is 2.29. The van der Waals surface area contributed by atoms with Crippen molar-refractivity contribution in [1.82, 2.24) is 14.9 Å². The topological polar surface area (TPSA) is 29.0 Å². The fourth-order valence-electron chi connectivity index (χ4n) is 1.64. The van der Waals surface area contributed by atoms with Crippen LogP contribution >= 0.6 is 0 Å². The van der Waals surface area contributed by atoms with Crippen LogP contribution in [0.2, 0.25) is 0 Å². The van der Waals surface area contributed by atoms with Crippen LogP contribution in [0.1, 0.15) is 25.1 Å². The van der Waals surface area contributed by atoms with Gasteiger partial charge in [-0.1, -0.05) is 0 Å². The summed E-state index contributed by atoms with van der Waals surface area (Å²) in [5, 5.41) is 0. The van der Waals surface area contributed by atoms with Crippen molar-refractivity contribution >= 4 is 6.08 Å². The number of piperidine rings is 1. The molecular formula is C11H15N3. The van der Waals surface area contributed by atoms with Gasteiger partial charge in [-0.25, -0.2) is 9.97 Å². The van der Waals surface area contributed by atoms with Gasteiger partial charge in [0, 0.05) is 31.7 Å². The van der Waals surface area contributed by atoms with Gasteiger partial charge in [-0.05, 0) is 31.4 Å². The molecule has 2 heterocycles. The molecule has 0 unspecified atom stereocenters. The highest BCUT2D eigenvalue weighted by molar-refractivity contribution is 5.38. The Kier molecular flexibility index (Phi) is 3.11. The Balaban J connectivity index is 1.93. The summed E-state index contributed by atoms with van der Waals surface area (Å²) < 4.78 is 0. The van der Waals surface area contributed by atoms with E-state index in [4.69, 9.17) is 0 Å². The van der Waals surface area contributed by atoms with Crippen molar-refractivity contribution in [3.8, 4) is 0 Å². The summed E-state index contributed by atoms with van der Waals surface area (Å²) in [6, 6.07) is 1.83. The van der Waals surface area contributed by atoms with Crippen LogP contribution in [0.4, 0.5) is 0 Å². The van der Waals surface area contributed by atoms with Gasteiger partial charge in [0.25, 0.3) is 0 Å². The monoisotopic (exact) mass is 189 g/mol. The van der Waals surface area contributed by atoms with Crippen LogP contribution in [0.5, 0.6) is 0 Å². The molecule has 0 N–H and O–H groups in total. The highest BCUT2D eigenvalue weighted by Gasteiger charge is 2.04. The first-order valence-corrected chi connectivity index (χ1v) is 5.14. The molecule has 1 aliphatic rings. The van der Waals surface area contributed by atoms with Gasteiger partial charge in [0.2, 0.25) is 0 Å². The van der Waals surface area contributed by atoms with Crippen molar-refractivity contribution in [2.45, 2.75) is 19.3 Å². The number of hydrogen-bond acceptors (Lipinski definition) is 3. The highest BCUT2D eigenvalue weighted by Crippen LogP contribution is 2.09. The van der Waals surface area contributed by atoms with E-state index in [1.165, 1.54) is 32.4 Å². The Morgan fingerprint density at radius 2 is 1.79 bits per heavy atom. The quantitative estimate of drug-likeness (QED) is 0.712. The van der Waals surface area contributed by atoms with Gasteiger partial charge in [0.05, 0.1) is 0 Å². The highest BCUT2D eigenvalue weighted by atomic mass is 15.1. The van der Waals surface area contributed by atoms with E-state index in [2.05, 4.69) is 21.1 Å². The zero-order valence-electron chi connectivity index (χ0n) is 8.26. The first-order valence-electron chi connectivity index (χ1n) is 5.14. The lowest BCUT2D eigenvalue weighted by Gasteiger charge is -2.24. The molecule has 0 bridgehead atoms. The molecule has 1 aliphatic heterocycles. The molecule has 0 atom stereocenters. The van der Waals surface area contributed by atoms with Crippen LogP contribution in [0.25, 0.3) is 6.08 Å². The molecule has 74 valence electrons. The second-order valence-corrected chi connectivity index (χ2v) is 3.52. The molecule has 1 saturated heterocycles. The summed E-state index contributed by atoms with van der Waals surface area (Å²) in [6.45, 7) is 2.34. The van der Waals surface area contributed by atoms with Crippen molar-refractivity contribution < 1.29 is 0 Å². The van der Waals surface area contributed by atoms with E-state index in [0.29, 0.717) is 0 Å². The third kappa shape index (κ3) is 2.55. The average molecular weight is 189 g/mol. The zero-order valence-corrected chi connectivity index (χ0v) is 8.26. The molecule has 0 amide bonds. The fourth-order valence-corrected chi connectivity index (χ4v) is 1.64. The van der Waals surface area contributed by atoms with E-state index in [1.54, 1.807) is 12.4 Å². The lowest BCUT2D eigenvalue weighted by Crippen LogP contribution is -2.24. The third-order valence-electron chi connectivity index (χ3n) is 2.41. The summed E-state index contributed by atoms with van der Waals surface area (Å²) in [4.78, 5) is 10.6. The molecule has 0 saturated carbocycles. The summed E-state index contributed by atoms with van der Waals surface area (Å²) in [5.74, 6) is 0.790. The van der Waals surface area contributed by atoms with Crippen LogP contribution in [-0.2, 0) is 0 Å². The molecule has 2 rings (SSSR count). The summed E-state index contributed by atoms with van der Waals surface area (Å²) >= 11 is 0. The summed E-state index contributed by atoms with van der Waals surface area (Å²) in [5.41, 5.74) is 0. The number of aromatic nitrogens is 2. The molecule has 1 aromatic rings. The number of hydrogen-bond donors (Lipinski definition) is 0. The maximum Gasteiger partial charge on any atom is 0.153 e. The zero-order chi connectivity index (χ0) is 9.64. The minimum Gasteiger partial charge on any atom is -0.377 e. The summed E-state index contributed by atoms with van der Waals surface area (Å²) in [7, 11) is 0. The van der Waals surface area contributed by atoms with E-state index in [-0.39, 0.29) is 0 Å². The van der Waals surface area contributed by atoms with E-state index >= 15 is 0 Å². The van der Waals surface area contributed by atoms with Crippen molar-refractivity contribution in [3.05, 3.63) is 30.5 Å². The maximum absolute atomic E-state index is 4.14. The van der Waals surface area contributed by atoms with Crippen LogP contribution in [0.15, 0.2) is 24.7 Å². The molecule has 1 aromatic heterocycles. The number of rotatable bonds is 2. The minimum atomic E-state index is 0.790. The van der Waals surface area contributed by atoms with E-state index in [1.807, 2.05) is 12.1 Å². The Morgan fingerprint density at radius 3 is 2.50 bits per heavy atom. The third-order valence-corrected chi connectivity index (χ3v) is 2.41. The van der Waals surface area contributed by atoms with E-state index in [0.717, 1.165) is 5.82 Å². The van der Waals surface area contributed by atoms with Gasteiger partial charge in [0.15, 0.2) is 5.82 Å². The lowest BCUT2D eigenvalue weighted by atomic mass is 10.1. The van der Waals surface area contributed by atoms with Gasteiger partial charge in [-0.2, -0.15) is 0 Å². The second kappa shape index (κ2) is 4.74. The molecular weight excluding hydrogens is 174 g/mol. The number of likely N-dealkylation sites (tertiary alicyclic amines) is 1. The van der Waals surface area contributed by atoms with Crippen molar-refractivity contribution in [2.75, 3.05) is 13.1 Å². The minimum absolute atomic E-state index is 0.790. The largest absolute Gasteiger partial charge is 0.377 e. The second-order valence-electron chi connectivity index (χ2n) is 3.52. The Bertz CT molecular complexity index is 289. The molecule has 0 aromatic carbocycles. The van der Waals surface area contributed by atoms with E-state index in [9.17, 15) is 0 Å². The van der Waals surface area contributed by atoms with Gasteiger partial charge in [-0.15, -0.1) is 0 Å². The Hall–Kier alpha value is -1.38. The predicted octanol–water partition coefficient (Wildman–Crippen LogP) is 1.93. The Morgan fingerprint density at radius 1 is 1.07 bits per heavy atom. The first-order chi connectivity index (χ1) is 6.95. The van der Waals surface area contributed by atoms with Gasteiger partial charge < -0.3 is 4.90 Å². The maximum atomic E-state index is 4.14. The standard InChI is InChI=1S/C11H15N3/c1-2-8-14(9-3-1)10-5-11-12-6-4-7-13-11/h4-7,10H,1-3,8-9H2. The summed E-state index contributed by atoms with van der Waals surface area (Å²) in [6.07, 6.45) is 11.6. The molecule has 0 aliphatic carbocycles. The molecule has 3 heteroatoms. The fraction of sp³-hybridized carbons (Fsp3) is 0.455. The first kappa shape index (κ1) is 9.19. The van der Waals surface area contributed by atoms with Crippen LogP contribution in [0.3, 0.4) is 0 Å². The van der Waals surface area contributed by atoms with Crippen molar-refractivity contribution in [1.29, 1.82) is 0 Å². The van der Waals surface area contributed by atoms with Crippen molar-refractivity contribution in [2.24, 2.45) is 0 Å². The van der Waals surface area contributed by atoms with Gasteiger partial charge in [-0.3, -0.25) is 0 Å². The molecule has 3 nitrogen and oxygen atoms in total. The van der Waals surface area contributed by atoms with Crippen LogP contribution < -0.4 is 0 Å². The number of nitrogens with zero attached hydrogens (tertiary/aromatic N) is 3. The lowest BCUT2D eigenvalue weighted by molar-refractivity contribution is 0.311. The normalized spacial score (nSPS) is 17.6. The SMILES string of the molecule is C(=CN1CCCCC1)c1ncccn1.